The monoisotopic (exact) mass is 185 g/mol. The minimum atomic E-state index is -0.258. The van der Waals surface area contributed by atoms with Crippen molar-refractivity contribution in [2.45, 2.75) is 27.2 Å². The minimum absolute atomic E-state index is 0.258. The summed E-state index contributed by atoms with van der Waals surface area (Å²) in [5.74, 6) is 0.309. The van der Waals surface area contributed by atoms with Crippen LogP contribution in [0.3, 0.4) is 0 Å². The van der Waals surface area contributed by atoms with Crippen molar-refractivity contribution in [1.29, 1.82) is 0 Å². The molecule has 0 rings (SSSR count). The highest BCUT2D eigenvalue weighted by Gasteiger charge is 2.04. The molecule has 3 heteroatoms. The van der Waals surface area contributed by atoms with Gasteiger partial charge in [0.2, 0.25) is 0 Å². The van der Waals surface area contributed by atoms with E-state index in [2.05, 4.69) is 13.8 Å². The number of allylic oxidation sites excluding steroid dienone is 1. The summed E-state index contributed by atoms with van der Waals surface area (Å²) in [6.45, 7) is 6.65. The van der Waals surface area contributed by atoms with Gasteiger partial charge >= 0.3 is 5.97 Å². The lowest BCUT2D eigenvalue weighted by atomic mass is 10.1. The molecule has 0 bridgehead atoms. The molecule has 0 aromatic heterocycles. The van der Waals surface area contributed by atoms with Crippen LogP contribution in [-0.4, -0.2) is 19.1 Å². The van der Waals surface area contributed by atoms with Gasteiger partial charge in [0.25, 0.3) is 0 Å². The van der Waals surface area contributed by atoms with E-state index >= 15 is 0 Å². The molecule has 76 valence electrons. The quantitative estimate of drug-likeness (QED) is 0.521. The zero-order valence-electron chi connectivity index (χ0n) is 8.67. The van der Waals surface area contributed by atoms with Gasteiger partial charge in [-0.15, -0.1) is 0 Å². The van der Waals surface area contributed by atoms with Crippen molar-refractivity contribution in [3.63, 3.8) is 0 Å². The molecule has 0 radical (unpaired) electrons. The lowest BCUT2D eigenvalue weighted by molar-refractivity contribution is -0.138. The van der Waals surface area contributed by atoms with Gasteiger partial charge in [-0.25, -0.2) is 4.79 Å². The lowest BCUT2D eigenvalue weighted by Gasteiger charge is -2.03. The third-order valence-electron chi connectivity index (χ3n) is 1.57. The molecule has 2 N–H and O–H groups in total. The molecule has 0 heterocycles. The van der Waals surface area contributed by atoms with E-state index < -0.39 is 0 Å². The number of carbonyl (C=O) groups excluding carboxylic acids is 1. The van der Waals surface area contributed by atoms with Gasteiger partial charge in [0.15, 0.2) is 0 Å². The molecule has 0 spiro atoms. The maximum absolute atomic E-state index is 11.2. The van der Waals surface area contributed by atoms with Crippen molar-refractivity contribution >= 4 is 5.97 Å². The first-order chi connectivity index (χ1) is 6.07. The van der Waals surface area contributed by atoms with Crippen LogP contribution in [0.15, 0.2) is 11.6 Å². The van der Waals surface area contributed by atoms with Crippen LogP contribution in [-0.2, 0) is 9.53 Å². The van der Waals surface area contributed by atoms with Gasteiger partial charge in [-0.1, -0.05) is 19.9 Å². The van der Waals surface area contributed by atoms with Crippen LogP contribution in [0.5, 0.6) is 0 Å². The number of carbonyl (C=O) groups is 1. The number of rotatable bonds is 5. The summed E-state index contributed by atoms with van der Waals surface area (Å²) >= 11 is 0. The van der Waals surface area contributed by atoms with Crippen molar-refractivity contribution in [3.8, 4) is 0 Å². The zero-order valence-corrected chi connectivity index (χ0v) is 8.67. The molecule has 0 saturated carbocycles. The van der Waals surface area contributed by atoms with Crippen LogP contribution in [0.25, 0.3) is 0 Å². The van der Waals surface area contributed by atoms with Crippen LogP contribution in [0.2, 0.25) is 0 Å². The second-order valence-corrected chi connectivity index (χ2v) is 3.44. The fraction of sp³-hybridized carbons (Fsp3) is 0.700. The highest BCUT2D eigenvalue weighted by molar-refractivity contribution is 5.87. The third-order valence-corrected chi connectivity index (χ3v) is 1.57. The van der Waals surface area contributed by atoms with Gasteiger partial charge in [-0.05, 0) is 19.3 Å². The standard InChI is InChI=1S/C10H19NO2/c1-8(2)4-5-9(3)10(12)13-7-6-11/h5,8H,4,6-7,11H2,1-3H3. The first kappa shape index (κ1) is 12.2. The normalized spacial score (nSPS) is 11.9. The Kier molecular flexibility index (Phi) is 6.24. The second kappa shape index (κ2) is 6.66. The van der Waals surface area contributed by atoms with Gasteiger partial charge in [-0.2, -0.15) is 0 Å². The molecule has 0 saturated heterocycles. The molecule has 0 atom stereocenters. The molecule has 0 aliphatic rings. The Balaban J connectivity index is 3.86. The summed E-state index contributed by atoms with van der Waals surface area (Å²) in [6, 6.07) is 0. The van der Waals surface area contributed by atoms with E-state index in [-0.39, 0.29) is 5.97 Å². The highest BCUT2D eigenvalue weighted by atomic mass is 16.5. The SMILES string of the molecule is CC(=CCC(C)C)C(=O)OCCN. The van der Waals surface area contributed by atoms with E-state index in [1.165, 1.54) is 0 Å². The molecule has 0 unspecified atom stereocenters. The van der Waals surface area contributed by atoms with E-state index in [9.17, 15) is 4.79 Å². The van der Waals surface area contributed by atoms with Crippen LogP contribution in [0, 0.1) is 5.92 Å². The Labute approximate surface area is 79.9 Å². The first-order valence-corrected chi connectivity index (χ1v) is 4.62. The smallest absolute Gasteiger partial charge is 0.333 e. The summed E-state index contributed by atoms with van der Waals surface area (Å²) < 4.78 is 4.85. The predicted octanol–water partition coefficient (Wildman–Crippen LogP) is 1.48. The molecule has 0 aromatic rings. The lowest BCUT2D eigenvalue weighted by Crippen LogP contribution is -2.14. The average molecular weight is 185 g/mol. The summed E-state index contributed by atoms with van der Waals surface area (Å²) in [5, 5.41) is 0. The minimum Gasteiger partial charge on any atom is -0.461 e. The molecule has 0 aliphatic carbocycles. The summed E-state index contributed by atoms with van der Waals surface area (Å²) in [6.07, 6.45) is 2.81. The Morgan fingerprint density at radius 2 is 2.15 bits per heavy atom. The largest absolute Gasteiger partial charge is 0.461 e. The van der Waals surface area contributed by atoms with Crippen molar-refractivity contribution in [2.75, 3.05) is 13.2 Å². The summed E-state index contributed by atoms with van der Waals surface area (Å²) in [4.78, 5) is 11.2. The number of esters is 1. The maximum Gasteiger partial charge on any atom is 0.333 e. The molecule has 13 heavy (non-hydrogen) atoms. The molecule has 0 aliphatic heterocycles. The van der Waals surface area contributed by atoms with Crippen molar-refractivity contribution in [1.82, 2.24) is 0 Å². The van der Waals surface area contributed by atoms with Gasteiger partial charge in [0, 0.05) is 12.1 Å². The molecular formula is C10H19NO2. The number of hydrogen-bond acceptors (Lipinski definition) is 3. The molecule has 3 nitrogen and oxygen atoms in total. The number of hydrogen-bond donors (Lipinski definition) is 1. The van der Waals surface area contributed by atoms with Crippen LogP contribution in [0.4, 0.5) is 0 Å². The highest BCUT2D eigenvalue weighted by Crippen LogP contribution is 2.05. The van der Waals surface area contributed by atoms with Gasteiger partial charge in [0.05, 0.1) is 0 Å². The Morgan fingerprint density at radius 1 is 1.54 bits per heavy atom. The van der Waals surface area contributed by atoms with Gasteiger partial charge < -0.3 is 10.5 Å². The number of ether oxygens (including phenoxy) is 1. The summed E-state index contributed by atoms with van der Waals surface area (Å²) in [7, 11) is 0. The van der Waals surface area contributed by atoms with E-state index in [1.807, 2.05) is 6.08 Å². The molecular weight excluding hydrogens is 166 g/mol. The predicted molar refractivity (Wildman–Crippen MR) is 53.2 cm³/mol. The zero-order chi connectivity index (χ0) is 10.3. The molecule has 0 amide bonds. The summed E-state index contributed by atoms with van der Waals surface area (Å²) in [5.41, 5.74) is 5.87. The van der Waals surface area contributed by atoms with Crippen LogP contribution < -0.4 is 5.73 Å². The van der Waals surface area contributed by atoms with Gasteiger partial charge in [-0.3, -0.25) is 0 Å². The van der Waals surface area contributed by atoms with Crippen LogP contribution >= 0.6 is 0 Å². The Bertz CT molecular complexity index is 185. The van der Waals surface area contributed by atoms with E-state index in [0.717, 1.165) is 6.42 Å². The third kappa shape index (κ3) is 6.34. The fourth-order valence-electron chi connectivity index (χ4n) is 0.761. The van der Waals surface area contributed by atoms with Crippen molar-refractivity contribution in [2.24, 2.45) is 11.7 Å². The van der Waals surface area contributed by atoms with Crippen molar-refractivity contribution in [3.05, 3.63) is 11.6 Å². The molecule has 0 aromatic carbocycles. The van der Waals surface area contributed by atoms with E-state index in [1.54, 1.807) is 6.92 Å². The van der Waals surface area contributed by atoms with E-state index in [0.29, 0.717) is 24.6 Å². The fourth-order valence-corrected chi connectivity index (χ4v) is 0.761. The second-order valence-electron chi connectivity index (χ2n) is 3.44. The topological polar surface area (TPSA) is 52.3 Å². The molecule has 0 fully saturated rings. The first-order valence-electron chi connectivity index (χ1n) is 4.62. The van der Waals surface area contributed by atoms with Crippen LogP contribution in [0.1, 0.15) is 27.2 Å². The maximum atomic E-state index is 11.2. The number of nitrogens with two attached hydrogens (primary N) is 1. The Morgan fingerprint density at radius 3 is 2.62 bits per heavy atom. The van der Waals surface area contributed by atoms with Gasteiger partial charge in [0.1, 0.15) is 6.61 Å². The van der Waals surface area contributed by atoms with Crippen molar-refractivity contribution < 1.29 is 9.53 Å². The Hall–Kier alpha value is -0.830. The van der Waals surface area contributed by atoms with E-state index in [4.69, 9.17) is 10.5 Å². The average Bonchev–Trinajstić information content (AvgIpc) is 2.10.